The van der Waals surface area contributed by atoms with Crippen LogP contribution in [-0.2, 0) is 47.9 Å². The van der Waals surface area contributed by atoms with Crippen LogP contribution in [0, 0.1) is 5.92 Å². The third-order valence-electron chi connectivity index (χ3n) is 8.41. The summed E-state index contributed by atoms with van der Waals surface area (Å²) in [7, 11) is 0. The summed E-state index contributed by atoms with van der Waals surface area (Å²) in [6.45, 7) is 11.9. The summed E-state index contributed by atoms with van der Waals surface area (Å²) in [5.74, 6) is -1.94. The number of para-hydroxylation sites is 1. The Labute approximate surface area is 339 Å². The Balaban J connectivity index is 1.21. The van der Waals surface area contributed by atoms with Crippen molar-refractivity contribution in [2.24, 2.45) is 5.92 Å². The molecule has 0 aliphatic carbocycles. The van der Waals surface area contributed by atoms with Crippen LogP contribution in [0.15, 0.2) is 129 Å². The minimum absolute atomic E-state index is 0.0828. The summed E-state index contributed by atoms with van der Waals surface area (Å²) in [4.78, 5) is 65.6. The van der Waals surface area contributed by atoms with E-state index < -0.39 is 36.0 Å². The fourth-order valence-corrected chi connectivity index (χ4v) is 6.69. The maximum atomic E-state index is 13.2. The summed E-state index contributed by atoms with van der Waals surface area (Å²) >= 11 is 1.65. The van der Waals surface area contributed by atoms with E-state index in [0.29, 0.717) is 29.9 Å². The van der Waals surface area contributed by atoms with Gasteiger partial charge in [0.2, 0.25) is 0 Å². The SMILES string of the molecule is C=CC(=O)OCC(COc1ccc(C(=O)OCCc2ccc(OC(=O)c3ccc(OC(=O)C=C)cc3)c(CC(C)Cc3nc4ccccc4s3)c2)cc1)OC(=O)C=C. The van der Waals surface area contributed by atoms with Gasteiger partial charge in [0.15, 0.2) is 6.10 Å². The highest BCUT2D eigenvalue weighted by Gasteiger charge is 2.19. The summed E-state index contributed by atoms with van der Waals surface area (Å²) in [6.07, 6.45) is 3.81. The predicted octanol–water partition coefficient (Wildman–Crippen LogP) is 7.63. The molecule has 0 aliphatic rings. The fraction of sp³-hybridized carbons (Fsp3) is 0.200. The topological polar surface area (TPSA) is 154 Å². The van der Waals surface area contributed by atoms with Crippen LogP contribution in [0.1, 0.15) is 43.8 Å². The minimum atomic E-state index is -0.906. The van der Waals surface area contributed by atoms with Crippen molar-refractivity contribution < 1.29 is 52.4 Å². The van der Waals surface area contributed by atoms with Crippen LogP contribution in [0.3, 0.4) is 0 Å². The Kier molecular flexibility index (Phi) is 15.2. The average molecular weight is 804 g/mol. The largest absolute Gasteiger partial charge is 0.490 e. The molecule has 2 unspecified atom stereocenters. The molecule has 5 rings (SSSR count). The molecule has 0 N–H and O–H groups in total. The third kappa shape index (κ3) is 12.6. The van der Waals surface area contributed by atoms with Crippen molar-refractivity contribution in [3.05, 3.63) is 156 Å². The zero-order valence-corrected chi connectivity index (χ0v) is 32.6. The van der Waals surface area contributed by atoms with Crippen molar-refractivity contribution in [1.82, 2.24) is 4.98 Å². The number of fused-ring (bicyclic) bond motifs is 1. The average Bonchev–Trinajstić information content (AvgIpc) is 3.64. The van der Waals surface area contributed by atoms with E-state index in [9.17, 15) is 24.0 Å². The zero-order chi connectivity index (χ0) is 41.4. The number of aromatic nitrogens is 1. The number of carbonyl (C=O) groups excluding carboxylic acids is 5. The first-order valence-electron chi connectivity index (χ1n) is 18.2. The van der Waals surface area contributed by atoms with Crippen molar-refractivity contribution in [3.8, 4) is 17.2 Å². The predicted molar refractivity (Wildman–Crippen MR) is 217 cm³/mol. The quantitative estimate of drug-likeness (QED) is 0.0329. The van der Waals surface area contributed by atoms with E-state index in [1.165, 1.54) is 36.4 Å². The van der Waals surface area contributed by atoms with Crippen molar-refractivity contribution >= 4 is 51.4 Å². The molecule has 0 fully saturated rings. The van der Waals surface area contributed by atoms with Gasteiger partial charge in [-0.25, -0.2) is 29.0 Å². The van der Waals surface area contributed by atoms with E-state index in [4.69, 9.17) is 33.4 Å². The molecule has 5 aromatic rings. The smallest absolute Gasteiger partial charge is 0.343 e. The first-order valence-corrected chi connectivity index (χ1v) is 19.0. The molecule has 4 aromatic carbocycles. The summed E-state index contributed by atoms with van der Waals surface area (Å²) < 4.78 is 33.5. The van der Waals surface area contributed by atoms with Gasteiger partial charge in [0.1, 0.15) is 30.5 Å². The fourth-order valence-electron chi connectivity index (χ4n) is 5.56. The van der Waals surface area contributed by atoms with Crippen LogP contribution in [-0.4, -0.2) is 60.8 Å². The van der Waals surface area contributed by atoms with Gasteiger partial charge in [0, 0.05) is 31.1 Å². The molecule has 0 spiro atoms. The highest BCUT2D eigenvalue weighted by molar-refractivity contribution is 7.18. The number of hydrogen-bond acceptors (Lipinski definition) is 13. The maximum absolute atomic E-state index is 13.2. The van der Waals surface area contributed by atoms with Gasteiger partial charge in [-0.2, -0.15) is 0 Å². The lowest BCUT2D eigenvalue weighted by molar-refractivity contribution is -0.154. The molecule has 0 bridgehead atoms. The number of carbonyl (C=O) groups is 5. The summed E-state index contributed by atoms with van der Waals surface area (Å²) in [6, 6.07) is 25.7. The van der Waals surface area contributed by atoms with Crippen molar-refractivity contribution in [3.63, 3.8) is 0 Å². The van der Waals surface area contributed by atoms with E-state index >= 15 is 0 Å². The lowest BCUT2D eigenvalue weighted by Crippen LogP contribution is -2.30. The second-order valence-electron chi connectivity index (χ2n) is 12.9. The lowest BCUT2D eigenvalue weighted by atomic mass is 9.95. The van der Waals surface area contributed by atoms with Gasteiger partial charge in [0.05, 0.1) is 33.0 Å². The molecule has 2 atom stereocenters. The van der Waals surface area contributed by atoms with E-state index in [0.717, 1.165) is 51.0 Å². The number of rotatable bonds is 20. The zero-order valence-electron chi connectivity index (χ0n) is 31.8. The van der Waals surface area contributed by atoms with Gasteiger partial charge in [0.25, 0.3) is 0 Å². The molecule has 298 valence electrons. The van der Waals surface area contributed by atoms with Crippen molar-refractivity contribution in [2.45, 2.75) is 32.3 Å². The Hall–Kier alpha value is -6.86. The summed E-state index contributed by atoms with van der Waals surface area (Å²) in [5, 5.41) is 1.01. The Morgan fingerprint density at radius 1 is 0.707 bits per heavy atom. The molecule has 0 saturated carbocycles. The molecule has 1 heterocycles. The van der Waals surface area contributed by atoms with Gasteiger partial charge in [-0.3, -0.25) is 0 Å². The van der Waals surface area contributed by atoms with E-state index in [2.05, 4.69) is 26.7 Å². The first kappa shape index (κ1) is 42.3. The molecule has 1 aromatic heterocycles. The van der Waals surface area contributed by atoms with E-state index in [-0.39, 0.29) is 37.1 Å². The number of nitrogens with zero attached hydrogens (tertiary/aromatic N) is 1. The van der Waals surface area contributed by atoms with Gasteiger partial charge >= 0.3 is 29.8 Å². The molecule has 12 nitrogen and oxygen atoms in total. The number of ether oxygens (including phenoxy) is 6. The minimum Gasteiger partial charge on any atom is -0.490 e. The number of thiazole rings is 1. The Bertz CT molecular complexity index is 2250. The second-order valence-corrected chi connectivity index (χ2v) is 14.0. The van der Waals surface area contributed by atoms with Crippen LogP contribution in [0.25, 0.3) is 10.2 Å². The molecule has 0 aliphatic heterocycles. The highest BCUT2D eigenvalue weighted by Crippen LogP contribution is 2.29. The Morgan fingerprint density at radius 2 is 1.38 bits per heavy atom. The van der Waals surface area contributed by atoms with Crippen LogP contribution in [0.2, 0.25) is 0 Å². The molecular weight excluding hydrogens is 763 g/mol. The van der Waals surface area contributed by atoms with Crippen LogP contribution in [0.5, 0.6) is 17.2 Å². The molecule has 0 saturated heterocycles. The van der Waals surface area contributed by atoms with Crippen molar-refractivity contribution in [2.75, 3.05) is 19.8 Å². The van der Waals surface area contributed by atoms with Gasteiger partial charge in [-0.05, 0) is 90.2 Å². The number of esters is 5. The lowest BCUT2D eigenvalue weighted by Gasteiger charge is -2.17. The van der Waals surface area contributed by atoms with Crippen LogP contribution >= 0.6 is 11.3 Å². The van der Waals surface area contributed by atoms with Gasteiger partial charge < -0.3 is 28.4 Å². The summed E-state index contributed by atoms with van der Waals surface area (Å²) in [5.41, 5.74) is 3.20. The van der Waals surface area contributed by atoms with E-state index in [1.807, 2.05) is 36.4 Å². The van der Waals surface area contributed by atoms with Gasteiger partial charge in [-0.15, -0.1) is 11.3 Å². The van der Waals surface area contributed by atoms with E-state index in [1.54, 1.807) is 29.5 Å². The normalized spacial score (nSPS) is 11.7. The third-order valence-corrected chi connectivity index (χ3v) is 9.47. The van der Waals surface area contributed by atoms with Crippen molar-refractivity contribution in [1.29, 1.82) is 0 Å². The monoisotopic (exact) mass is 803 g/mol. The standard InChI is InChI=1S/C45H41NO11S/c1-5-41(47)54-28-36(56-43(49)7-3)27-53-34-17-13-31(14-18-34)44(50)52-23-22-30-12-21-38(57-45(51)32-15-19-35(20-16-32)55-42(48)6-2)33(26-30)24-29(4)25-40-46-37-10-8-9-11-39(37)58-40/h5-21,26,29,36H,1-3,22-25,27-28H2,4H3. The molecule has 0 radical (unpaired) electrons. The number of hydrogen-bond donors (Lipinski definition) is 0. The maximum Gasteiger partial charge on any atom is 0.343 e. The number of benzene rings is 4. The van der Waals surface area contributed by atoms with Gasteiger partial charge in [-0.1, -0.05) is 50.9 Å². The molecular formula is C45H41NO11S. The second kappa shape index (κ2) is 20.9. The highest BCUT2D eigenvalue weighted by atomic mass is 32.1. The molecule has 13 heteroatoms. The van der Waals surface area contributed by atoms with Crippen LogP contribution in [0.4, 0.5) is 0 Å². The first-order chi connectivity index (χ1) is 28.0. The molecule has 58 heavy (non-hydrogen) atoms. The molecule has 0 amide bonds. The Morgan fingerprint density at radius 3 is 2.07 bits per heavy atom. The van der Waals surface area contributed by atoms with Crippen LogP contribution < -0.4 is 14.2 Å².